The van der Waals surface area contributed by atoms with Crippen molar-refractivity contribution < 1.29 is 0 Å². The van der Waals surface area contributed by atoms with Crippen LogP contribution in [-0.4, -0.2) is 24.7 Å². The predicted molar refractivity (Wildman–Crippen MR) is 103 cm³/mol. The van der Waals surface area contributed by atoms with Crippen LogP contribution >= 0.6 is 0 Å². The van der Waals surface area contributed by atoms with Crippen LogP contribution in [0, 0.1) is 25.2 Å². The number of aromatic nitrogens is 5. The van der Waals surface area contributed by atoms with Gasteiger partial charge in [-0.15, -0.1) is 0 Å². The van der Waals surface area contributed by atoms with Crippen LogP contribution in [-0.2, 0) is 6.54 Å². The number of aryl methyl sites for hydroxylation is 2. The van der Waals surface area contributed by atoms with Crippen LogP contribution in [0.2, 0.25) is 0 Å². The Hall–Kier alpha value is -3.79. The van der Waals surface area contributed by atoms with Crippen molar-refractivity contribution in [1.82, 2.24) is 24.7 Å². The van der Waals surface area contributed by atoms with Crippen molar-refractivity contribution in [3.63, 3.8) is 0 Å². The van der Waals surface area contributed by atoms with E-state index in [4.69, 9.17) is 11.0 Å². The van der Waals surface area contributed by atoms with Gasteiger partial charge < -0.3 is 5.73 Å². The average molecular weight is 355 g/mol. The molecule has 4 aromatic rings. The number of nitriles is 1. The highest BCUT2D eigenvalue weighted by Crippen LogP contribution is 2.26. The first-order valence-corrected chi connectivity index (χ1v) is 8.47. The van der Waals surface area contributed by atoms with Crippen molar-refractivity contribution >= 4 is 17.0 Å². The molecule has 0 bridgehead atoms. The lowest BCUT2D eigenvalue weighted by Gasteiger charge is -2.10. The Morgan fingerprint density at radius 3 is 2.67 bits per heavy atom. The second-order valence-electron chi connectivity index (χ2n) is 6.38. The van der Waals surface area contributed by atoms with Crippen molar-refractivity contribution in [1.29, 1.82) is 5.26 Å². The molecule has 0 atom stereocenters. The summed E-state index contributed by atoms with van der Waals surface area (Å²) >= 11 is 0. The van der Waals surface area contributed by atoms with Crippen molar-refractivity contribution in [2.45, 2.75) is 20.4 Å². The third-order valence-corrected chi connectivity index (χ3v) is 4.60. The molecule has 0 aliphatic rings. The van der Waals surface area contributed by atoms with Crippen LogP contribution < -0.4 is 5.73 Å². The summed E-state index contributed by atoms with van der Waals surface area (Å²) in [5.41, 5.74) is 11.8. The quantitative estimate of drug-likeness (QED) is 0.605. The molecule has 0 spiro atoms. The Morgan fingerprint density at radius 2 is 1.93 bits per heavy atom. The van der Waals surface area contributed by atoms with Gasteiger partial charge in [-0.25, -0.2) is 9.67 Å². The first-order chi connectivity index (χ1) is 13.1. The van der Waals surface area contributed by atoms with Gasteiger partial charge in [0.25, 0.3) is 0 Å². The van der Waals surface area contributed by atoms with E-state index in [9.17, 15) is 0 Å². The SMILES string of the molecule is Cc1cccc(C)c1Cn1ncc2c(-c3cc(C#N)ccn3)nc(N)nc21. The molecule has 3 heterocycles. The minimum atomic E-state index is 0.143. The molecule has 3 aromatic heterocycles. The van der Waals surface area contributed by atoms with Gasteiger partial charge in [-0.3, -0.25) is 4.98 Å². The van der Waals surface area contributed by atoms with Gasteiger partial charge in [-0.05, 0) is 42.7 Å². The molecule has 132 valence electrons. The Balaban J connectivity index is 1.87. The average Bonchev–Trinajstić information content (AvgIpc) is 3.07. The molecular weight excluding hydrogens is 338 g/mol. The van der Waals surface area contributed by atoms with Crippen LogP contribution in [0.5, 0.6) is 0 Å². The molecule has 7 nitrogen and oxygen atoms in total. The largest absolute Gasteiger partial charge is 0.368 e. The smallest absolute Gasteiger partial charge is 0.222 e. The highest BCUT2D eigenvalue weighted by Gasteiger charge is 2.16. The van der Waals surface area contributed by atoms with Gasteiger partial charge in [0.1, 0.15) is 5.69 Å². The van der Waals surface area contributed by atoms with E-state index in [-0.39, 0.29) is 5.95 Å². The Labute approximate surface area is 156 Å². The second-order valence-corrected chi connectivity index (χ2v) is 6.38. The van der Waals surface area contributed by atoms with Crippen molar-refractivity contribution in [3.8, 4) is 17.5 Å². The molecule has 7 heteroatoms. The molecule has 0 aliphatic heterocycles. The summed E-state index contributed by atoms with van der Waals surface area (Å²) in [5, 5.41) is 14.4. The second kappa shape index (κ2) is 6.50. The van der Waals surface area contributed by atoms with E-state index in [1.165, 1.54) is 16.7 Å². The molecule has 27 heavy (non-hydrogen) atoms. The summed E-state index contributed by atoms with van der Waals surface area (Å²) in [6, 6.07) is 11.7. The Kier molecular flexibility index (Phi) is 4.01. The Morgan fingerprint density at radius 1 is 1.15 bits per heavy atom. The molecule has 0 aliphatic carbocycles. The van der Waals surface area contributed by atoms with E-state index in [0.717, 1.165) is 5.39 Å². The first kappa shape index (κ1) is 16.7. The van der Waals surface area contributed by atoms with E-state index >= 15 is 0 Å². The fraction of sp³-hybridized carbons (Fsp3) is 0.150. The zero-order chi connectivity index (χ0) is 19.0. The minimum absolute atomic E-state index is 0.143. The predicted octanol–water partition coefficient (Wildman–Crippen LogP) is 3.01. The van der Waals surface area contributed by atoms with E-state index in [0.29, 0.717) is 29.1 Å². The van der Waals surface area contributed by atoms with Gasteiger partial charge in [-0.2, -0.15) is 15.3 Å². The number of nitrogens with zero attached hydrogens (tertiary/aromatic N) is 6. The number of pyridine rings is 1. The lowest BCUT2D eigenvalue weighted by Crippen LogP contribution is -2.07. The molecule has 0 radical (unpaired) electrons. The summed E-state index contributed by atoms with van der Waals surface area (Å²) in [6.45, 7) is 4.75. The van der Waals surface area contributed by atoms with E-state index in [1.54, 1.807) is 24.5 Å². The molecule has 0 saturated heterocycles. The molecule has 2 N–H and O–H groups in total. The summed E-state index contributed by atoms with van der Waals surface area (Å²) < 4.78 is 1.82. The fourth-order valence-corrected chi connectivity index (χ4v) is 3.16. The number of nitrogens with two attached hydrogens (primary N) is 1. The number of anilines is 1. The minimum Gasteiger partial charge on any atom is -0.368 e. The van der Waals surface area contributed by atoms with Gasteiger partial charge in [0.2, 0.25) is 5.95 Å². The maximum absolute atomic E-state index is 9.15. The molecule has 0 unspecified atom stereocenters. The Bertz CT molecular complexity index is 1180. The fourth-order valence-electron chi connectivity index (χ4n) is 3.16. The zero-order valence-corrected chi connectivity index (χ0v) is 15.0. The van der Waals surface area contributed by atoms with Gasteiger partial charge in [0.15, 0.2) is 5.65 Å². The standard InChI is InChI=1S/C20H17N7/c1-12-4-3-5-13(2)16(12)11-27-19-15(10-24-27)18(25-20(22)26-19)17-8-14(9-21)6-7-23-17/h3-8,10H,11H2,1-2H3,(H2,22,25,26). The van der Waals surface area contributed by atoms with Crippen LogP contribution in [0.3, 0.4) is 0 Å². The van der Waals surface area contributed by atoms with Gasteiger partial charge in [0, 0.05) is 6.20 Å². The molecular formula is C20H17N7. The number of benzene rings is 1. The van der Waals surface area contributed by atoms with Gasteiger partial charge >= 0.3 is 0 Å². The third kappa shape index (κ3) is 2.98. The van der Waals surface area contributed by atoms with Crippen LogP contribution in [0.25, 0.3) is 22.4 Å². The number of hydrogen-bond donors (Lipinski definition) is 1. The van der Waals surface area contributed by atoms with E-state index in [2.05, 4.69) is 52.1 Å². The highest BCUT2D eigenvalue weighted by molar-refractivity contribution is 5.90. The molecule has 0 amide bonds. The topological polar surface area (TPSA) is 106 Å². The number of rotatable bonds is 3. The maximum Gasteiger partial charge on any atom is 0.222 e. The molecule has 0 saturated carbocycles. The van der Waals surface area contributed by atoms with Crippen molar-refractivity contribution in [3.05, 3.63) is 65.0 Å². The monoisotopic (exact) mass is 355 g/mol. The zero-order valence-electron chi connectivity index (χ0n) is 15.0. The van der Waals surface area contributed by atoms with E-state index < -0.39 is 0 Å². The van der Waals surface area contributed by atoms with Gasteiger partial charge in [-0.1, -0.05) is 18.2 Å². The van der Waals surface area contributed by atoms with Crippen LogP contribution in [0.4, 0.5) is 5.95 Å². The molecule has 1 aromatic carbocycles. The summed E-state index contributed by atoms with van der Waals surface area (Å²) in [4.78, 5) is 13.1. The van der Waals surface area contributed by atoms with Crippen molar-refractivity contribution in [2.75, 3.05) is 5.73 Å². The van der Waals surface area contributed by atoms with Gasteiger partial charge in [0.05, 0.1) is 35.5 Å². The first-order valence-electron chi connectivity index (χ1n) is 8.47. The summed E-state index contributed by atoms with van der Waals surface area (Å²) in [6.07, 6.45) is 3.30. The van der Waals surface area contributed by atoms with E-state index in [1.807, 2.05) is 10.7 Å². The molecule has 4 rings (SSSR count). The number of hydrogen-bond acceptors (Lipinski definition) is 6. The summed E-state index contributed by atoms with van der Waals surface area (Å²) in [7, 11) is 0. The normalized spacial score (nSPS) is 10.9. The number of nitrogen functional groups attached to an aromatic ring is 1. The van der Waals surface area contributed by atoms with Crippen molar-refractivity contribution in [2.24, 2.45) is 0 Å². The van der Waals surface area contributed by atoms with Crippen LogP contribution in [0.1, 0.15) is 22.3 Å². The lowest BCUT2D eigenvalue weighted by atomic mass is 10.0. The number of fused-ring (bicyclic) bond motifs is 1. The maximum atomic E-state index is 9.15. The summed E-state index contributed by atoms with van der Waals surface area (Å²) in [5.74, 6) is 0.143. The third-order valence-electron chi connectivity index (χ3n) is 4.60. The van der Waals surface area contributed by atoms with Crippen LogP contribution in [0.15, 0.2) is 42.7 Å². The molecule has 0 fully saturated rings. The highest BCUT2D eigenvalue weighted by atomic mass is 15.3. The lowest BCUT2D eigenvalue weighted by molar-refractivity contribution is 0.698.